The van der Waals surface area contributed by atoms with Crippen LogP contribution in [0.3, 0.4) is 0 Å². The van der Waals surface area contributed by atoms with Gasteiger partial charge in [-0.2, -0.15) is 5.10 Å². The van der Waals surface area contributed by atoms with Crippen LogP contribution in [-0.2, 0) is 11.8 Å². The summed E-state index contributed by atoms with van der Waals surface area (Å²) in [5.74, 6) is 0.380. The van der Waals surface area contributed by atoms with Gasteiger partial charge in [0.2, 0.25) is 0 Å². The molecule has 0 fully saturated rings. The Balaban J connectivity index is 1.57. The van der Waals surface area contributed by atoms with Gasteiger partial charge in [0.05, 0.1) is 35.9 Å². The Morgan fingerprint density at radius 3 is 2.74 bits per heavy atom. The van der Waals surface area contributed by atoms with E-state index < -0.39 is 11.9 Å². The maximum Gasteiger partial charge on any atom is 0.260 e. The van der Waals surface area contributed by atoms with Gasteiger partial charge in [0.15, 0.2) is 17.3 Å². The molecular formula is C23H22FN7O3. The van der Waals surface area contributed by atoms with E-state index in [9.17, 15) is 9.18 Å². The quantitative estimate of drug-likeness (QED) is 0.342. The molecule has 0 unspecified atom stereocenters. The molecule has 5 heterocycles. The summed E-state index contributed by atoms with van der Waals surface area (Å²) in [6.07, 6.45) is 8.41. The number of ether oxygens (including phenoxy) is 2. The summed E-state index contributed by atoms with van der Waals surface area (Å²) in [5.41, 5.74) is 1.74. The summed E-state index contributed by atoms with van der Waals surface area (Å²) in [5, 5.41) is 12.8. The Morgan fingerprint density at radius 1 is 1.12 bits per heavy atom. The Hall–Kier alpha value is -4.12. The zero-order valence-corrected chi connectivity index (χ0v) is 18.8. The van der Waals surface area contributed by atoms with Crippen LogP contribution in [0.25, 0.3) is 27.7 Å². The van der Waals surface area contributed by atoms with Crippen LogP contribution < -0.4 is 10.3 Å². The molecule has 0 spiro atoms. The van der Waals surface area contributed by atoms with Crippen molar-refractivity contribution >= 4 is 16.6 Å². The molecule has 0 aliphatic carbocycles. The Morgan fingerprint density at radius 2 is 1.97 bits per heavy atom. The van der Waals surface area contributed by atoms with Crippen LogP contribution in [0.5, 0.6) is 5.75 Å². The lowest BCUT2D eigenvalue weighted by Crippen LogP contribution is -2.25. The first-order valence-electron chi connectivity index (χ1n) is 10.6. The smallest absolute Gasteiger partial charge is 0.260 e. The predicted octanol–water partition coefficient (Wildman–Crippen LogP) is 2.61. The summed E-state index contributed by atoms with van der Waals surface area (Å²) < 4.78 is 30.2. The number of pyridine rings is 3. The molecule has 0 amide bonds. The molecule has 5 aromatic rings. The van der Waals surface area contributed by atoms with Crippen molar-refractivity contribution in [2.24, 2.45) is 7.05 Å². The minimum atomic E-state index is -0.534. The fourth-order valence-electron chi connectivity index (χ4n) is 3.85. The lowest BCUT2D eigenvalue weighted by molar-refractivity contribution is 0.146. The number of hydrogen-bond donors (Lipinski definition) is 0. The summed E-state index contributed by atoms with van der Waals surface area (Å²) in [6, 6.07) is 4.27. The third-order valence-electron chi connectivity index (χ3n) is 5.62. The minimum Gasteiger partial charge on any atom is -0.490 e. The second-order valence-corrected chi connectivity index (χ2v) is 7.88. The highest BCUT2D eigenvalue weighted by Crippen LogP contribution is 2.25. The van der Waals surface area contributed by atoms with Gasteiger partial charge in [-0.25, -0.2) is 4.39 Å². The van der Waals surface area contributed by atoms with Crippen LogP contribution in [0.2, 0.25) is 0 Å². The van der Waals surface area contributed by atoms with Crippen molar-refractivity contribution in [1.82, 2.24) is 33.9 Å². The highest BCUT2D eigenvalue weighted by atomic mass is 19.1. The van der Waals surface area contributed by atoms with E-state index in [1.54, 1.807) is 66.4 Å². The van der Waals surface area contributed by atoms with Crippen molar-refractivity contribution in [1.29, 1.82) is 0 Å². The SMILES string of the molecule is COCCOc1cnc2ccn([C@@H](C)c3nnc4c(F)cc(-c5cnn(C)c5)cn34)c(=O)c2c1. The van der Waals surface area contributed by atoms with E-state index in [4.69, 9.17) is 9.47 Å². The highest BCUT2D eigenvalue weighted by molar-refractivity contribution is 5.78. The molecular weight excluding hydrogens is 441 g/mol. The molecule has 0 bridgehead atoms. The lowest BCUT2D eigenvalue weighted by atomic mass is 10.1. The van der Waals surface area contributed by atoms with Crippen molar-refractivity contribution in [3.05, 3.63) is 71.2 Å². The van der Waals surface area contributed by atoms with E-state index >= 15 is 0 Å². The van der Waals surface area contributed by atoms with Gasteiger partial charge < -0.3 is 14.0 Å². The Kier molecular flexibility index (Phi) is 5.54. The number of rotatable bonds is 7. The number of halogens is 1. The number of aromatic nitrogens is 7. The first kappa shape index (κ1) is 21.7. The van der Waals surface area contributed by atoms with Gasteiger partial charge in [0.25, 0.3) is 5.56 Å². The topological polar surface area (TPSA) is 101 Å². The molecule has 1 atom stereocenters. The van der Waals surface area contributed by atoms with Crippen LogP contribution in [0.1, 0.15) is 18.8 Å². The Bertz CT molecular complexity index is 1560. The van der Waals surface area contributed by atoms with Gasteiger partial charge in [0.1, 0.15) is 12.4 Å². The second kappa shape index (κ2) is 8.67. The average molecular weight is 463 g/mol. The molecule has 0 aliphatic rings. The van der Waals surface area contributed by atoms with Crippen molar-refractivity contribution in [2.45, 2.75) is 13.0 Å². The molecule has 0 aromatic carbocycles. The van der Waals surface area contributed by atoms with E-state index in [1.807, 2.05) is 6.92 Å². The molecule has 0 saturated carbocycles. The van der Waals surface area contributed by atoms with Crippen LogP contribution in [-0.4, -0.2) is 54.3 Å². The molecule has 11 heteroatoms. The minimum absolute atomic E-state index is 0.0822. The summed E-state index contributed by atoms with van der Waals surface area (Å²) in [7, 11) is 3.38. The maximum atomic E-state index is 14.8. The molecule has 10 nitrogen and oxygen atoms in total. The monoisotopic (exact) mass is 463 g/mol. The molecule has 34 heavy (non-hydrogen) atoms. The van der Waals surface area contributed by atoms with E-state index in [-0.39, 0.29) is 11.2 Å². The zero-order valence-electron chi connectivity index (χ0n) is 18.8. The highest BCUT2D eigenvalue weighted by Gasteiger charge is 2.20. The summed E-state index contributed by atoms with van der Waals surface area (Å²) in [6.45, 7) is 2.58. The molecule has 5 rings (SSSR count). The molecule has 5 aromatic heterocycles. The van der Waals surface area contributed by atoms with E-state index in [0.717, 1.165) is 5.56 Å². The molecule has 0 radical (unpaired) electrons. The largest absolute Gasteiger partial charge is 0.490 e. The number of hydrogen-bond acceptors (Lipinski definition) is 7. The van der Waals surface area contributed by atoms with Gasteiger partial charge >= 0.3 is 0 Å². The lowest BCUT2D eigenvalue weighted by Gasteiger charge is -2.15. The van der Waals surface area contributed by atoms with Gasteiger partial charge in [-0.05, 0) is 25.1 Å². The average Bonchev–Trinajstić information content (AvgIpc) is 3.46. The van der Waals surface area contributed by atoms with E-state index in [2.05, 4.69) is 20.3 Å². The fraction of sp³-hybridized carbons (Fsp3) is 0.261. The molecule has 174 valence electrons. The van der Waals surface area contributed by atoms with Crippen LogP contribution in [0.4, 0.5) is 4.39 Å². The zero-order chi connectivity index (χ0) is 23.8. The first-order chi connectivity index (χ1) is 16.5. The number of fused-ring (bicyclic) bond motifs is 2. The number of nitrogens with zero attached hydrogens (tertiary/aromatic N) is 7. The van der Waals surface area contributed by atoms with E-state index in [0.29, 0.717) is 41.3 Å². The first-order valence-corrected chi connectivity index (χ1v) is 10.6. The van der Waals surface area contributed by atoms with Gasteiger partial charge in [0, 0.05) is 43.9 Å². The third-order valence-corrected chi connectivity index (χ3v) is 5.62. The summed E-state index contributed by atoms with van der Waals surface area (Å²) in [4.78, 5) is 17.7. The Labute approximate surface area is 193 Å². The maximum absolute atomic E-state index is 14.8. The second-order valence-electron chi connectivity index (χ2n) is 7.88. The van der Waals surface area contributed by atoms with Crippen LogP contribution in [0.15, 0.2) is 54.0 Å². The van der Waals surface area contributed by atoms with Crippen molar-refractivity contribution < 1.29 is 13.9 Å². The summed E-state index contributed by atoms with van der Waals surface area (Å²) >= 11 is 0. The van der Waals surface area contributed by atoms with Crippen LogP contribution in [0, 0.1) is 5.82 Å². The van der Waals surface area contributed by atoms with Crippen molar-refractivity contribution in [2.75, 3.05) is 20.3 Å². The predicted molar refractivity (Wildman–Crippen MR) is 122 cm³/mol. The van der Waals surface area contributed by atoms with Crippen molar-refractivity contribution in [3.63, 3.8) is 0 Å². The molecule has 0 saturated heterocycles. The van der Waals surface area contributed by atoms with E-state index in [1.165, 1.54) is 10.6 Å². The van der Waals surface area contributed by atoms with Crippen LogP contribution >= 0.6 is 0 Å². The standard InChI is InChI=1S/C23H22FN7O3/c1-14(30-5-4-20-18(23(30)32)9-17(11-25-20)34-7-6-33-3)21-27-28-22-19(24)8-15(13-31(21)22)16-10-26-29(2)12-16/h4-5,8-14H,6-7H2,1-3H3/t14-/m0/s1. The number of methoxy groups -OCH3 is 1. The van der Waals surface area contributed by atoms with Gasteiger partial charge in [-0.15, -0.1) is 10.2 Å². The van der Waals surface area contributed by atoms with Gasteiger partial charge in [-0.3, -0.25) is 18.9 Å². The molecule has 0 N–H and O–H groups in total. The fourth-order valence-corrected chi connectivity index (χ4v) is 3.85. The third kappa shape index (κ3) is 3.79. The van der Waals surface area contributed by atoms with Crippen molar-refractivity contribution in [3.8, 4) is 16.9 Å². The van der Waals surface area contributed by atoms with Gasteiger partial charge in [-0.1, -0.05) is 0 Å². The molecule has 0 aliphatic heterocycles. The normalized spacial score (nSPS) is 12.5. The number of aryl methyl sites for hydroxylation is 1.